The fourth-order valence-electron chi connectivity index (χ4n) is 3.85. The molecule has 0 aromatic rings. The van der Waals surface area contributed by atoms with E-state index in [9.17, 15) is 18.9 Å². The van der Waals surface area contributed by atoms with Crippen LogP contribution in [0.2, 0.25) is 0 Å². The Morgan fingerprint density at radius 1 is 0.711 bits per heavy atom. The first kappa shape index (κ1) is 37.1. The van der Waals surface area contributed by atoms with Gasteiger partial charge in [-0.2, -0.15) is 0 Å². The van der Waals surface area contributed by atoms with Crippen molar-refractivity contribution in [3.8, 4) is 0 Å². The Morgan fingerprint density at radius 3 is 1.68 bits per heavy atom. The number of ether oxygens (including phenoxy) is 2. The van der Waals surface area contributed by atoms with Gasteiger partial charge >= 0.3 is 19.8 Å². The van der Waals surface area contributed by atoms with Crippen LogP contribution in [0.5, 0.6) is 0 Å². The molecule has 11 heteroatoms. The topological polar surface area (TPSA) is 136 Å². The van der Waals surface area contributed by atoms with Gasteiger partial charge in [-0.25, -0.2) is 4.57 Å². The number of rotatable bonds is 26. The number of esters is 2. The molecule has 0 spiro atoms. The van der Waals surface area contributed by atoms with Crippen LogP contribution < -0.4 is 0 Å². The van der Waals surface area contributed by atoms with E-state index in [1.807, 2.05) is 0 Å². The lowest BCUT2D eigenvalue weighted by Gasteiger charge is -2.18. The van der Waals surface area contributed by atoms with Crippen LogP contribution in [0.1, 0.15) is 129 Å². The highest BCUT2D eigenvalue weighted by Crippen LogP contribution is 2.35. The van der Waals surface area contributed by atoms with Gasteiger partial charge < -0.3 is 19.3 Å². The SMILES string of the molecule is CCCCCCCCCCC(=O)O[C@@H](COC(=O)CCCCCCCCCCSC(C)=O)COP(=O)(O)O. The summed E-state index contributed by atoms with van der Waals surface area (Å²) in [7, 11) is -4.74. The molecule has 0 saturated heterocycles. The molecule has 0 aromatic carbocycles. The summed E-state index contributed by atoms with van der Waals surface area (Å²) in [6, 6.07) is 0. The van der Waals surface area contributed by atoms with Crippen LogP contribution in [0.15, 0.2) is 0 Å². The Morgan fingerprint density at radius 2 is 1.18 bits per heavy atom. The van der Waals surface area contributed by atoms with Gasteiger partial charge in [0.2, 0.25) is 0 Å². The molecule has 0 aliphatic carbocycles. The monoisotopic (exact) mass is 582 g/mol. The van der Waals surface area contributed by atoms with Gasteiger partial charge in [0.1, 0.15) is 6.61 Å². The molecule has 9 nitrogen and oxygen atoms in total. The molecular formula is C27H51O9PS. The van der Waals surface area contributed by atoms with E-state index < -0.39 is 32.5 Å². The van der Waals surface area contributed by atoms with Gasteiger partial charge in [-0.05, 0) is 19.3 Å². The predicted molar refractivity (Wildman–Crippen MR) is 151 cm³/mol. The van der Waals surface area contributed by atoms with Crippen LogP contribution in [0, 0.1) is 0 Å². The van der Waals surface area contributed by atoms with Crippen molar-refractivity contribution in [3.63, 3.8) is 0 Å². The summed E-state index contributed by atoms with van der Waals surface area (Å²) < 4.78 is 26.0. The van der Waals surface area contributed by atoms with Crippen molar-refractivity contribution in [2.45, 2.75) is 136 Å². The molecule has 0 aromatic heterocycles. The van der Waals surface area contributed by atoms with Gasteiger partial charge in [0.05, 0.1) is 6.61 Å². The summed E-state index contributed by atoms with van der Waals surface area (Å²) in [6.07, 6.45) is 16.3. The van der Waals surface area contributed by atoms with E-state index in [1.54, 1.807) is 6.92 Å². The Bertz CT molecular complexity index is 669. The van der Waals surface area contributed by atoms with Crippen molar-refractivity contribution in [1.82, 2.24) is 0 Å². The summed E-state index contributed by atoms with van der Waals surface area (Å²) in [6.45, 7) is 2.92. The van der Waals surface area contributed by atoms with Crippen LogP contribution in [0.25, 0.3) is 0 Å². The molecule has 2 N–H and O–H groups in total. The van der Waals surface area contributed by atoms with Crippen molar-refractivity contribution < 1.29 is 42.7 Å². The maximum atomic E-state index is 12.2. The average molecular weight is 583 g/mol. The third kappa shape index (κ3) is 28.1. The highest BCUT2D eigenvalue weighted by molar-refractivity contribution is 8.13. The van der Waals surface area contributed by atoms with Gasteiger partial charge in [-0.3, -0.25) is 18.9 Å². The van der Waals surface area contributed by atoms with Crippen LogP contribution >= 0.6 is 19.6 Å². The fourth-order valence-corrected chi connectivity index (χ4v) is 4.85. The second-order valence-corrected chi connectivity index (χ2v) is 12.2. The van der Waals surface area contributed by atoms with Crippen molar-refractivity contribution in [3.05, 3.63) is 0 Å². The smallest absolute Gasteiger partial charge is 0.462 e. The number of phosphoric acid groups is 1. The second-order valence-electron chi connectivity index (χ2n) is 9.72. The first-order valence-corrected chi connectivity index (χ1v) is 16.8. The van der Waals surface area contributed by atoms with Gasteiger partial charge in [0.25, 0.3) is 0 Å². The zero-order valence-electron chi connectivity index (χ0n) is 23.5. The minimum absolute atomic E-state index is 0.170. The predicted octanol–water partition coefficient (Wildman–Crippen LogP) is 6.87. The number of carbonyl (C=O) groups excluding carboxylic acids is 3. The minimum atomic E-state index is -4.74. The van der Waals surface area contributed by atoms with Crippen LogP contribution in [-0.4, -0.2) is 51.9 Å². The van der Waals surface area contributed by atoms with Gasteiger partial charge in [0, 0.05) is 25.5 Å². The van der Waals surface area contributed by atoms with E-state index in [0.717, 1.165) is 70.0 Å². The zero-order chi connectivity index (χ0) is 28.5. The number of hydrogen-bond acceptors (Lipinski definition) is 8. The molecule has 0 bridgehead atoms. The quantitative estimate of drug-likeness (QED) is 0.0631. The summed E-state index contributed by atoms with van der Waals surface area (Å²) in [5.41, 5.74) is 0. The lowest BCUT2D eigenvalue weighted by Crippen LogP contribution is -2.29. The van der Waals surface area contributed by atoms with E-state index in [-0.39, 0.29) is 24.6 Å². The molecule has 0 unspecified atom stereocenters. The van der Waals surface area contributed by atoms with E-state index >= 15 is 0 Å². The Labute approximate surface area is 233 Å². The molecular weight excluding hydrogens is 531 g/mol. The summed E-state index contributed by atoms with van der Waals surface area (Å²) in [4.78, 5) is 53.0. The Kier molecular flexibility index (Phi) is 24.5. The summed E-state index contributed by atoms with van der Waals surface area (Å²) in [5.74, 6) is -0.0421. The number of phosphoric ester groups is 1. The number of unbranched alkanes of at least 4 members (excludes halogenated alkanes) is 14. The van der Waals surface area contributed by atoms with E-state index in [2.05, 4.69) is 11.4 Å². The van der Waals surface area contributed by atoms with Gasteiger partial charge in [-0.1, -0.05) is 102 Å². The maximum Gasteiger partial charge on any atom is 0.469 e. The summed E-state index contributed by atoms with van der Waals surface area (Å²) >= 11 is 1.38. The highest BCUT2D eigenvalue weighted by atomic mass is 32.2. The molecule has 0 radical (unpaired) electrons. The number of carbonyl (C=O) groups is 3. The zero-order valence-corrected chi connectivity index (χ0v) is 25.2. The molecule has 0 aliphatic rings. The van der Waals surface area contributed by atoms with Crippen molar-refractivity contribution in [2.24, 2.45) is 0 Å². The second kappa shape index (κ2) is 25.1. The summed E-state index contributed by atoms with van der Waals surface area (Å²) in [5, 5.41) is 0.170. The van der Waals surface area contributed by atoms with Crippen LogP contribution in [-0.2, 0) is 32.9 Å². The molecule has 0 fully saturated rings. The van der Waals surface area contributed by atoms with Gasteiger partial charge in [0.15, 0.2) is 11.2 Å². The van der Waals surface area contributed by atoms with Crippen LogP contribution in [0.3, 0.4) is 0 Å². The number of thioether (sulfide) groups is 1. The molecule has 0 rings (SSSR count). The molecule has 224 valence electrons. The standard InChI is InChI=1S/C27H51O9PS/c1-3-4-5-6-7-10-14-17-20-27(30)36-25(23-35-37(31,32)33)22-34-26(29)19-16-13-11-8-9-12-15-18-21-38-24(2)28/h25H,3-23H2,1-2H3,(H2,31,32,33)/t25-/m0/s1. The van der Waals surface area contributed by atoms with E-state index in [1.165, 1.54) is 37.4 Å². The third-order valence-electron chi connectivity index (χ3n) is 5.97. The minimum Gasteiger partial charge on any atom is -0.462 e. The third-order valence-corrected chi connectivity index (χ3v) is 7.36. The molecule has 0 amide bonds. The normalized spacial score (nSPS) is 12.3. The van der Waals surface area contributed by atoms with Crippen molar-refractivity contribution >= 4 is 36.6 Å². The van der Waals surface area contributed by atoms with E-state index in [0.29, 0.717) is 12.8 Å². The van der Waals surface area contributed by atoms with E-state index in [4.69, 9.17) is 19.3 Å². The molecule has 0 heterocycles. The highest BCUT2D eigenvalue weighted by Gasteiger charge is 2.22. The molecule has 38 heavy (non-hydrogen) atoms. The first-order chi connectivity index (χ1) is 18.1. The fraction of sp³-hybridized carbons (Fsp3) is 0.889. The lowest BCUT2D eigenvalue weighted by molar-refractivity contribution is -0.161. The first-order valence-electron chi connectivity index (χ1n) is 14.3. The largest absolute Gasteiger partial charge is 0.469 e. The van der Waals surface area contributed by atoms with Gasteiger partial charge in [-0.15, -0.1) is 0 Å². The van der Waals surface area contributed by atoms with Crippen molar-refractivity contribution in [1.29, 1.82) is 0 Å². The average Bonchev–Trinajstić information content (AvgIpc) is 2.85. The Hall–Kier alpha value is -0.930. The maximum absolute atomic E-state index is 12.2. The Balaban J connectivity index is 4.03. The molecule has 1 atom stereocenters. The lowest BCUT2D eigenvalue weighted by atomic mass is 10.1. The number of hydrogen-bond donors (Lipinski definition) is 2. The van der Waals surface area contributed by atoms with Crippen LogP contribution in [0.4, 0.5) is 0 Å². The molecule has 0 aliphatic heterocycles. The molecule has 0 saturated carbocycles. The van der Waals surface area contributed by atoms with Crippen molar-refractivity contribution in [2.75, 3.05) is 19.0 Å².